The molecule has 0 aromatic carbocycles. The van der Waals surface area contributed by atoms with E-state index in [-0.39, 0.29) is 0 Å². The van der Waals surface area contributed by atoms with Gasteiger partial charge in [0, 0.05) is 45.5 Å². The number of hydrogen-bond donors (Lipinski definition) is 1. The summed E-state index contributed by atoms with van der Waals surface area (Å²) in [5.74, 6) is 2.73. The second-order valence-electron chi connectivity index (χ2n) is 6.91. The molecule has 1 aliphatic heterocycles. The summed E-state index contributed by atoms with van der Waals surface area (Å²) in [7, 11) is 2.13. The van der Waals surface area contributed by atoms with Crippen LogP contribution >= 0.6 is 0 Å². The molecule has 0 spiro atoms. The third-order valence-corrected chi connectivity index (χ3v) is 4.94. The van der Waals surface area contributed by atoms with Crippen LogP contribution in [0.15, 0.2) is 9.52 Å². The highest BCUT2D eigenvalue weighted by molar-refractivity contribution is 5.79. The molecule has 0 bridgehead atoms. The summed E-state index contributed by atoms with van der Waals surface area (Å²) in [6, 6.07) is 0. The monoisotopic (exact) mass is 350 g/mol. The molecule has 0 saturated carbocycles. The van der Waals surface area contributed by atoms with Crippen molar-refractivity contribution in [3.63, 3.8) is 0 Å². The zero-order valence-electron chi connectivity index (χ0n) is 16.3. The predicted molar refractivity (Wildman–Crippen MR) is 101 cm³/mol. The number of guanidine groups is 1. The van der Waals surface area contributed by atoms with Crippen molar-refractivity contribution in [2.45, 2.75) is 52.9 Å². The van der Waals surface area contributed by atoms with Gasteiger partial charge >= 0.3 is 0 Å². The summed E-state index contributed by atoms with van der Waals surface area (Å²) in [6.45, 7) is 10.7. The Morgan fingerprint density at radius 3 is 2.72 bits per heavy atom. The van der Waals surface area contributed by atoms with Gasteiger partial charge in [-0.2, -0.15) is 0 Å². The summed E-state index contributed by atoms with van der Waals surface area (Å²) in [4.78, 5) is 7.05. The molecule has 2 rings (SSSR count). The van der Waals surface area contributed by atoms with Crippen LogP contribution in [-0.2, 0) is 11.2 Å². The third kappa shape index (κ3) is 6.34. The van der Waals surface area contributed by atoms with Crippen LogP contribution in [-0.4, -0.2) is 55.9 Å². The van der Waals surface area contributed by atoms with Gasteiger partial charge in [-0.25, -0.2) is 0 Å². The number of ether oxygens (including phenoxy) is 1. The fourth-order valence-corrected chi connectivity index (χ4v) is 3.29. The molecule has 1 saturated heterocycles. The van der Waals surface area contributed by atoms with Crippen LogP contribution in [0.3, 0.4) is 0 Å². The van der Waals surface area contributed by atoms with Crippen molar-refractivity contribution >= 4 is 5.96 Å². The fourth-order valence-electron chi connectivity index (χ4n) is 3.29. The summed E-state index contributed by atoms with van der Waals surface area (Å²) < 4.78 is 10.7. The number of aromatic nitrogens is 1. The van der Waals surface area contributed by atoms with Crippen molar-refractivity contribution in [1.29, 1.82) is 0 Å². The van der Waals surface area contributed by atoms with Crippen LogP contribution < -0.4 is 5.32 Å². The molecule has 2 heterocycles. The Morgan fingerprint density at radius 2 is 2.08 bits per heavy atom. The highest BCUT2D eigenvalue weighted by Gasteiger charge is 2.15. The van der Waals surface area contributed by atoms with Crippen LogP contribution in [0.4, 0.5) is 0 Å². The second-order valence-corrected chi connectivity index (χ2v) is 6.91. The van der Waals surface area contributed by atoms with E-state index >= 15 is 0 Å². The Balaban J connectivity index is 1.78. The number of nitrogens with one attached hydrogen (secondary N) is 1. The molecule has 1 aromatic heterocycles. The predicted octanol–water partition coefficient (Wildman–Crippen LogP) is 2.94. The summed E-state index contributed by atoms with van der Waals surface area (Å²) >= 11 is 0. The van der Waals surface area contributed by atoms with Gasteiger partial charge in [-0.15, -0.1) is 0 Å². The highest BCUT2D eigenvalue weighted by atomic mass is 16.5. The zero-order chi connectivity index (χ0) is 18.1. The quantitative estimate of drug-likeness (QED) is 0.444. The lowest BCUT2D eigenvalue weighted by atomic mass is 9.96. The Labute approximate surface area is 152 Å². The minimum Gasteiger partial charge on any atom is -0.381 e. The lowest BCUT2D eigenvalue weighted by molar-refractivity contribution is 0.0625. The Morgan fingerprint density at radius 1 is 1.32 bits per heavy atom. The Bertz CT molecular complexity index is 516. The standard InChI is InChI=1S/C19H34N4O2/c1-5-20-19(23(4)12-8-17-9-13-24-14-10-17)21-11-6-7-18-15(2)22-25-16(18)3/h17H,5-14H2,1-4H3,(H,20,21). The number of nitrogens with zero attached hydrogens (tertiary/aromatic N) is 3. The van der Waals surface area contributed by atoms with Crippen LogP contribution in [0, 0.1) is 19.8 Å². The van der Waals surface area contributed by atoms with Crippen LogP contribution in [0.2, 0.25) is 0 Å². The van der Waals surface area contributed by atoms with Gasteiger partial charge < -0.3 is 19.5 Å². The van der Waals surface area contributed by atoms with E-state index in [4.69, 9.17) is 14.3 Å². The van der Waals surface area contributed by atoms with Crippen molar-refractivity contribution in [2.24, 2.45) is 10.9 Å². The number of aryl methyl sites for hydroxylation is 2. The topological polar surface area (TPSA) is 62.9 Å². The summed E-state index contributed by atoms with van der Waals surface area (Å²) in [6.07, 6.45) is 5.57. The van der Waals surface area contributed by atoms with Crippen LogP contribution in [0.1, 0.15) is 49.6 Å². The smallest absolute Gasteiger partial charge is 0.193 e. The maximum Gasteiger partial charge on any atom is 0.193 e. The molecule has 6 nitrogen and oxygen atoms in total. The molecular weight excluding hydrogens is 316 g/mol. The minimum atomic E-state index is 0.790. The van der Waals surface area contributed by atoms with E-state index in [0.717, 1.165) is 69.0 Å². The molecule has 0 aliphatic carbocycles. The average Bonchev–Trinajstić information content (AvgIpc) is 2.95. The van der Waals surface area contributed by atoms with Crippen molar-refractivity contribution in [2.75, 3.05) is 39.9 Å². The first-order chi connectivity index (χ1) is 12.1. The van der Waals surface area contributed by atoms with E-state index in [1.54, 1.807) is 0 Å². The van der Waals surface area contributed by atoms with Gasteiger partial charge in [0.25, 0.3) is 0 Å². The molecule has 25 heavy (non-hydrogen) atoms. The van der Waals surface area contributed by atoms with Crippen molar-refractivity contribution < 1.29 is 9.26 Å². The van der Waals surface area contributed by atoms with E-state index < -0.39 is 0 Å². The molecule has 0 unspecified atom stereocenters. The van der Waals surface area contributed by atoms with E-state index in [2.05, 4.69) is 29.3 Å². The fraction of sp³-hybridized carbons (Fsp3) is 0.789. The van der Waals surface area contributed by atoms with Crippen molar-refractivity contribution in [3.05, 3.63) is 17.0 Å². The van der Waals surface area contributed by atoms with Gasteiger partial charge in [-0.05, 0) is 58.8 Å². The number of aliphatic imine (C=N–C) groups is 1. The molecule has 1 fully saturated rings. The molecule has 0 amide bonds. The molecule has 1 aliphatic rings. The molecule has 6 heteroatoms. The number of rotatable bonds is 8. The number of hydrogen-bond acceptors (Lipinski definition) is 4. The van der Waals surface area contributed by atoms with Crippen molar-refractivity contribution in [3.8, 4) is 0 Å². The minimum absolute atomic E-state index is 0.790. The van der Waals surface area contributed by atoms with E-state index in [0.29, 0.717) is 0 Å². The lowest BCUT2D eigenvalue weighted by Gasteiger charge is -2.26. The molecule has 142 valence electrons. The van der Waals surface area contributed by atoms with Gasteiger partial charge in [0.2, 0.25) is 0 Å². The first-order valence-corrected chi connectivity index (χ1v) is 9.60. The largest absolute Gasteiger partial charge is 0.381 e. The second kappa shape index (κ2) is 10.4. The lowest BCUT2D eigenvalue weighted by Crippen LogP contribution is -2.40. The normalized spacial score (nSPS) is 16.2. The maximum atomic E-state index is 5.44. The first-order valence-electron chi connectivity index (χ1n) is 9.60. The molecule has 0 radical (unpaired) electrons. The van der Waals surface area contributed by atoms with Gasteiger partial charge in [0.1, 0.15) is 5.76 Å². The van der Waals surface area contributed by atoms with Gasteiger partial charge in [-0.1, -0.05) is 5.16 Å². The summed E-state index contributed by atoms with van der Waals surface area (Å²) in [5, 5.41) is 7.42. The third-order valence-electron chi connectivity index (χ3n) is 4.94. The SMILES string of the molecule is CCNC(=NCCCc1c(C)noc1C)N(C)CCC1CCOCC1. The van der Waals surface area contributed by atoms with E-state index in [1.165, 1.54) is 24.8 Å². The highest BCUT2D eigenvalue weighted by Crippen LogP contribution is 2.18. The van der Waals surface area contributed by atoms with Gasteiger partial charge in [0.15, 0.2) is 5.96 Å². The van der Waals surface area contributed by atoms with E-state index in [1.807, 2.05) is 13.8 Å². The van der Waals surface area contributed by atoms with E-state index in [9.17, 15) is 0 Å². The molecule has 0 atom stereocenters. The van der Waals surface area contributed by atoms with Crippen LogP contribution in [0.25, 0.3) is 0 Å². The Kier molecular flexibility index (Phi) is 8.25. The molecular formula is C19H34N4O2. The zero-order valence-corrected chi connectivity index (χ0v) is 16.3. The first kappa shape index (κ1) is 19.8. The molecule has 1 N–H and O–H groups in total. The Hall–Kier alpha value is -1.56. The van der Waals surface area contributed by atoms with Gasteiger partial charge in [-0.3, -0.25) is 4.99 Å². The van der Waals surface area contributed by atoms with Crippen molar-refractivity contribution in [1.82, 2.24) is 15.4 Å². The van der Waals surface area contributed by atoms with Crippen LogP contribution in [0.5, 0.6) is 0 Å². The average molecular weight is 351 g/mol. The maximum absolute atomic E-state index is 5.44. The summed E-state index contributed by atoms with van der Waals surface area (Å²) in [5.41, 5.74) is 2.23. The molecule has 1 aromatic rings. The van der Waals surface area contributed by atoms with Gasteiger partial charge in [0.05, 0.1) is 5.69 Å².